The van der Waals surface area contributed by atoms with Gasteiger partial charge in [0.1, 0.15) is 0 Å². The molecule has 4 N–H and O–H groups in total. The van der Waals surface area contributed by atoms with Gasteiger partial charge in [-0.25, -0.2) is 4.79 Å². The van der Waals surface area contributed by atoms with Gasteiger partial charge < -0.3 is 21.1 Å². The van der Waals surface area contributed by atoms with E-state index in [2.05, 4.69) is 16.0 Å². The fourth-order valence-corrected chi connectivity index (χ4v) is 2.42. The maximum absolute atomic E-state index is 11.6. The minimum Gasteiger partial charge on any atom is -0.481 e. The summed E-state index contributed by atoms with van der Waals surface area (Å²) in [5, 5.41) is 17.0. The summed E-state index contributed by atoms with van der Waals surface area (Å²) in [6.45, 7) is 0.796. The molecule has 0 radical (unpaired) electrons. The van der Waals surface area contributed by atoms with Crippen molar-refractivity contribution in [3.8, 4) is 0 Å². The summed E-state index contributed by atoms with van der Waals surface area (Å²) < 4.78 is 0. The van der Waals surface area contributed by atoms with Gasteiger partial charge in [0.05, 0.1) is 5.92 Å². The van der Waals surface area contributed by atoms with Crippen molar-refractivity contribution in [1.82, 2.24) is 16.0 Å². The maximum atomic E-state index is 11.6. The molecule has 2 atom stereocenters. The zero-order valence-electron chi connectivity index (χ0n) is 11.4. The summed E-state index contributed by atoms with van der Waals surface area (Å²) in [6.07, 6.45) is 3.72. The number of amides is 3. The third-order valence-electron chi connectivity index (χ3n) is 3.78. The molecule has 0 bridgehead atoms. The molecule has 0 aromatic heterocycles. The predicted molar refractivity (Wildman–Crippen MR) is 71.0 cm³/mol. The Bertz CT molecular complexity index is 395. The molecule has 0 aromatic carbocycles. The molecule has 2 aliphatic carbocycles. The number of carbonyl (C=O) groups excluding carboxylic acids is 2. The number of hydrogen-bond acceptors (Lipinski definition) is 3. The van der Waals surface area contributed by atoms with Crippen LogP contribution in [-0.2, 0) is 9.59 Å². The Labute approximate surface area is 117 Å². The Kier molecular flexibility index (Phi) is 4.81. The lowest BCUT2D eigenvalue weighted by Crippen LogP contribution is -2.44. The van der Waals surface area contributed by atoms with Crippen LogP contribution in [0.5, 0.6) is 0 Å². The predicted octanol–water partition coefficient (Wildman–Crippen LogP) is 0.0651. The molecule has 0 saturated heterocycles. The van der Waals surface area contributed by atoms with E-state index < -0.39 is 5.97 Å². The van der Waals surface area contributed by atoms with Crippen LogP contribution in [0.15, 0.2) is 0 Å². The topological polar surface area (TPSA) is 108 Å². The minimum atomic E-state index is -0.794. The Morgan fingerprint density at radius 3 is 2.20 bits per heavy atom. The van der Waals surface area contributed by atoms with E-state index in [1.165, 1.54) is 0 Å². The van der Waals surface area contributed by atoms with Gasteiger partial charge in [0.15, 0.2) is 0 Å². The third kappa shape index (κ3) is 4.40. The highest BCUT2D eigenvalue weighted by molar-refractivity contribution is 5.81. The van der Waals surface area contributed by atoms with Gasteiger partial charge >= 0.3 is 12.0 Å². The van der Waals surface area contributed by atoms with Crippen molar-refractivity contribution in [2.45, 2.75) is 38.1 Å². The third-order valence-corrected chi connectivity index (χ3v) is 3.78. The molecule has 7 heteroatoms. The number of nitrogens with one attached hydrogen (secondary N) is 3. The van der Waals surface area contributed by atoms with Crippen LogP contribution >= 0.6 is 0 Å². The highest BCUT2D eigenvalue weighted by Gasteiger charge is 2.30. The van der Waals surface area contributed by atoms with E-state index in [4.69, 9.17) is 5.11 Å². The second-order valence-electron chi connectivity index (χ2n) is 5.51. The molecule has 2 rings (SSSR count). The van der Waals surface area contributed by atoms with Crippen molar-refractivity contribution in [3.05, 3.63) is 0 Å². The maximum Gasteiger partial charge on any atom is 0.315 e. The molecule has 7 nitrogen and oxygen atoms in total. The van der Waals surface area contributed by atoms with Crippen molar-refractivity contribution in [2.75, 3.05) is 13.1 Å². The first kappa shape index (κ1) is 14.6. The minimum absolute atomic E-state index is 0.0623. The van der Waals surface area contributed by atoms with E-state index in [-0.39, 0.29) is 29.8 Å². The van der Waals surface area contributed by atoms with Crippen molar-refractivity contribution >= 4 is 17.9 Å². The SMILES string of the molecule is O=C(NCCNC(=O)C1CC1)N[C@H]1CC[C@@H](C(=O)O)C1. The van der Waals surface area contributed by atoms with E-state index >= 15 is 0 Å². The number of aliphatic carboxylic acids is 1. The molecular formula is C13H21N3O4. The number of urea groups is 1. The Hall–Kier alpha value is -1.79. The molecule has 20 heavy (non-hydrogen) atoms. The zero-order valence-corrected chi connectivity index (χ0v) is 11.4. The van der Waals surface area contributed by atoms with Crippen LogP contribution in [0, 0.1) is 11.8 Å². The van der Waals surface area contributed by atoms with Gasteiger partial charge in [-0.05, 0) is 32.1 Å². The molecule has 112 valence electrons. The summed E-state index contributed by atoms with van der Waals surface area (Å²) in [4.78, 5) is 33.7. The lowest BCUT2D eigenvalue weighted by atomic mass is 10.1. The first-order valence-electron chi connectivity index (χ1n) is 7.11. The van der Waals surface area contributed by atoms with E-state index in [1.807, 2.05) is 0 Å². The smallest absolute Gasteiger partial charge is 0.315 e. The summed E-state index contributed by atoms with van der Waals surface area (Å²) in [5.74, 6) is -0.904. The van der Waals surface area contributed by atoms with E-state index in [0.717, 1.165) is 12.8 Å². The van der Waals surface area contributed by atoms with Gasteiger partial charge in [0, 0.05) is 25.0 Å². The van der Waals surface area contributed by atoms with Crippen LogP contribution in [-0.4, -0.2) is 42.1 Å². The number of carboxylic acids is 1. The first-order valence-corrected chi connectivity index (χ1v) is 7.11. The number of rotatable bonds is 6. The van der Waals surface area contributed by atoms with Gasteiger partial charge in [0.2, 0.25) is 5.91 Å². The van der Waals surface area contributed by atoms with Crippen LogP contribution in [0.25, 0.3) is 0 Å². The van der Waals surface area contributed by atoms with Crippen LogP contribution in [0.3, 0.4) is 0 Å². The van der Waals surface area contributed by atoms with Gasteiger partial charge in [0.25, 0.3) is 0 Å². The lowest BCUT2D eigenvalue weighted by molar-refractivity contribution is -0.141. The largest absolute Gasteiger partial charge is 0.481 e. The monoisotopic (exact) mass is 283 g/mol. The number of hydrogen-bond donors (Lipinski definition) is 4. The standard InChI is InChI=1S/C13H21N3O4/c17-11(8-1-2-8)14-5-6-15-13(20)16-10-4-3-9(7-10)12(18)19/h8-10H,1-7H2,(H,14,17)(H,18,19)(H2,15,16,20)/t9-,10+/m1/s1. The first-order chi connectivity index (χ1) is 9.56. The molecular weight excluding hydrogens is 262 g/mol. The highest BCUT2D eigenvalue weighted by Crippen LogP contribution is 2.28. The van der Waals surface area contributed by atoms with Gasteiger partial charge in [-0.15, -0.1) is 0 Å². The van der Waals surface area contributed by atoms with Crippen LogP contribution < -0.4 is 16.0 Å². The molecule has 2 aliphatic rings. The van der Waals surface area contributed by atoms with E-state index in [0.29, 0.717) is 32.4 Å². The highest BCUT2D eigenvalue weighted by atomic mass is 16.4. The average molecular weight is 283 g/mol. The summed E-state index contributed by atoms with van der Waals surface area (Å²) in [6, 6.07) is -0.376. The van der Waals surface area contributed by atoms with Gasteiger partial charge in [-0.1, -0.05) is 0 Å². The van der Waals surface area contributed by atoms with Crippen LogP contribution in [0.4, 0.5) is 4.79 Å². The fourth-order valence-electron chi connectivity index (χ4n) is 2.42. The summed E-state index contributed by atoms with van der Waals surface area (Å²) in [7, 11) is 0. The molecule has 0 heterocycles. The average Bonchev–Trinajstić information content (AvgIpc) is 3.15. The zero-order chi connectivity index (χ0) is 14.5. The quantitative estimate of drug-likeness (QED) is 0.517. The molecule has 0 aliphatic heterocycles. The number of carboxylic acid groups (broad SMARTS) is 1. The van der Waals surface area contributed by atoms with Crippen molar-refractivity contribution in [1.29, 1.82) is 0 Å². The lowest BCUT2D eigenvalue weighted by Gasteiger charge is -2.13. The molecule has 3 amide bonds. The van der Waals surface area contributed by atoms with E-state index in [9.17, 15) is 14.4 Å². The normalized spacial score (nSPS) is 25.0. The fraction of sp³-hybridized carbons (Fsp3) is 0.769. The van der Waals surface area contributed by atoms with Crippen LogP contribution in [0.1, 0.15) is 32.1 Å². The van der Waals surface area contributed by atoms with E-state index in [1.54, 1.807) is 0 Å². The molecule has 0 unspecified atom stereocenters. The number of carbonyl (C=O) groups is 3. The summed E-state index contributed by atoms with van der Waals surface area (Å²) in [5.41, 5.74) is 0. The Morgan fingerprint density at radius 1 is 0.950 bits per heavy atom. The second kappa shape index (κ2) is 6.58. The summed E-state index contributed by atoms with van der Waals surface area (Å²) >= 11 is 0. The Balaban J connectivity index is 1.54. The van der Waals surface area contributed by atoms with Crippen molar-refractivity contribution < 1.29 is 19.5 Å². The second-order valence-corrected chi connectivity index (χ2v) is 5.51. The van der Waals surface area contributed by atoms with Crippen molar-refractivity contribution in [3.63, 3.8) is 0 Å². The van der Waals surface area contributed by atoms with Crippen LogP contribution in [0.2, 0.25) is 0 Å². The molecule has 2 saturated carbocycles. The molecule has 0 aromatic rings. The van der Waals surface area contributed by atoms with Crippen molar-refractivity contribution in [2.24, 2.45) is 11.8 Å². The molecule has 2 fully saturated rings. The van der Waals surface area contributed by atoms with Gasteiger partial charge in [-0.3, -0.25) is 9.59 Å². The van der Waals surface area contributed by atoms with Gasteiger partial charge in [-0.2, -0.15) is 0 Å². The Morgan fingerprint density at radius 2 is 1.60 bits per heavy atom. The molecule has 0 spiro atoms.